The van der Waals surface area contributed by atoms with E-state index in [2.05, 4.69) is 83.8 Å². The molecule has 0 aliphatic heterocycles. The lowest BCUT2D eigenvalue weighted by Gasteiger charge is -2.36. The second-order valence-electron chi connectivity index (χ2n) is 7.37. The number of hydrogen-bond acceptors (Lipinski definition) is 2. The maximum Gasteiger partial charge on any atom is 0.122 e. The van der Waals surface area contributed by atoms with Gasteiger partial charge in [0.25, 0.3) is 0 Å². The Bertz CT molecular complexity index is 819. The van der Waals surface area contributed by atoms with Crippen molar-refractivity contribution >= 4 is 0 Å². The van der Waals surface area contributed by atoms with Crippen molar-refractivity contribution < 1.29 is 4.74 Å². The average Bonchev–Trinajstić information content (AvgIpc) is 2.74. The molecule has 27 heavy (non-hydrogen) atoms. The Morgan fingerprint density at radius 3 is 2.04 bits per heavy atom. The minimum Gasteiger partial charge on any atom is -0.496 e. The number of fused-ring (bicyclic) bond motifs is 1. The van der Waals surface area contributed by atoms with Crippen LogP contribution in [-0.2, 0) is 25.9 Å². The van der Waals surface area contributed by atoms with E-state index in [1.54, 1.807) is 7.11 Å². The van der Waals surface area contributed by atoms with E-state index in [1.165, 1.54) is 28.7 Å². The van der Waals surface area contributed by atoms with Crippen LogP contribution in [0.15, 0.2) is 78.9 Å². The number of benzene rings is 3. The lowest BCUT2D eigenvalue weighted by molar-refractivity contribution is 0.161. The molecule has 4 rings (SSSR count). The predicted octanol–water partition coefficient (Wildman–Crippen LogP) is 5.25. The van der Waals surface area contributed by atoms with Gasteiger partial charge in [-0.3, -0.25) is 4.90 Å². The minimum atomic E-state index is 0.546. The molecular weight excluding hydrogens is 330 g/mol. The molecule has 138 valence electrons. The molecule has 0 bridgehead atoms. The highest BCUT2D eigenvalue weighted by atomic mass is 16.5. The Labute approximate surface area is 162 Å². The number of methoxy groups -OCH3 is 1. The molecule has 0 fully saturated rings. The molecule has 2 nitrogen and oxygen atoms in total. The van der Waals surface area contributed by atoms with Crippen molar-refractivity contribution in [2.24, 2.45) is 0 Å². The first kappa shape index (κ1) is 17.8. The van der Waals surface area contributed by atoms with E-state index >= 15 is 0 Å². The van der Waals surface area contributed by atoms with E-state index in [0.717, 1.165) is 31.7 Å². The molecule has 2 heteroatoms. The molecule has 3 aromatic rings. The number of nitrogens with zero attached hydrogens (tertiary/aromatic N) is 1. The van der Waals surface area contributed by atoms with Gasteiger partial charge in [-0.2, -0.15) is 0 Å². The van der Waals surface area contributed by atoms with Gasteiger partial charge >= 0.3 is 0 Å². The third-order valence-corrected chi connectivity index (χ3v) is 5.61. The summed E-state index contributed by atoms with van der Waals surface area (Å²) in [5.74, 6) is 1.05. The van der Waals surface area contributed by atoms with Gasteiger partial charge in [-0.1, -0.05) is 72.8 Å². The van der Waals surface area contributed by atoms with Gasteiger partial charge in [0.05, 0.1) is 7.11 Å². The van der Waals surface area contributed by atoms with Crippen LogP contribution in [0.3, 0.4) is 0 Å². The van der Waals surface area contributed by atoms with Crippen molar-refractivity contribution in [1.82, 2.24) is 4.90 Å². The van der Waals surface area contributed by atoms with Crippen molar-refractivity contribution in [2.75, 3.05) is 7.11 Å². The van der Waals surface area contributed by atoms with Gasteiger partial charge < -0.3 is 4.74 Å². The van der Waals surface area contributed by atoms with E-state index < -0.39 is 0 Å². The summed E-state index contributed by atoms with van der Waals surface area (Å²) >= 11 is 0. The lowest BCUT2D eigenvalue weighted by atomic mass is 9.86. The summed E-state index contributed by atoms with van der Waals surface area (Å²) < 4.78 is 5.59. The summed E-state index contributed by atoms with van der Waals surface area (Å²) in [6.45, 7) is 1.97. The highest BCUT2D eigenvalue weighted by molar-refractivity contribution is 5.42. The van der Waals surface area contributed by atoms with E-state index in [4.69, 9.17) is 4.74 Å². The van der Waals surface area contributed by atoms with Gasteiger partial charge in [0.2, 0.25) is 0 Å². The summed E-state index contributed by atoms with van der Waals surface area (Å²) in [7, 11) is 1.78. The molecule has 0 saturated carbocycles. The molecule has 0 amide bonds. The molecule has 1 aliphatic carbocycles. The minimum absolute atomic E-state index is 0.546. The van der Waals surface area contributed by atoms with Crippen LogP contribution in [0.2, 0.25) is 0 Å². The highest BCUT2D eigenvalue weighted by Gasteiger charge is 2.26. The standard InChI is InChI=1S/C25H27NO/c1-27-25-14-8-13-22-17-23(15-16-24(22)25)26(18-20-9-4-2-5-10-20)19-21-11-6-3-7-12-21/h2-14,23H,15-19H2,1H3/t23-/m0/s1. The van der Waals surface area contributed by atoms with Gasteiger partial charge in [-0.25, -0.2) is 0 Å². The van der Waals surface area contributed by atoms with E-state index in [1.807, 2.05) is 0 Å². The fourth-order valence-electron chi connectivity index (χ4n) is 4.21. The van der Waals surface area contributed by atoms with Crippen LogP contribution in [0, 0.1) is 0 Å². The normalized spacial score (nSPS) is 16.1. The Balaban J connectivity index is 1.58. The molecule has 0 heterocycles. The fourth-order valence-corrected chi connectivity index (χ4v) is 4.21. The smallest absolute Gasteiger partial charge is 0.122 e. The number of ether oxygens (including phenoxy) is 1. The summed E-state index contributed by atoms with van der Waals surface area (Å²) in [6, 6.07) is 28.7. The van der Waals surface area contributed by atoms with E-state index in [0.29, 0.717) is 6.04 Å². The summed E-state index contributed by atoms with van der Waals surface area (Å²) in [5.41, 5.74) is 5.60. The van der Waals surface area contributed by atoms with Gasteiger partial charge in [-0.15, -0.1) is 0 Å². The van der Waals surface area contributed by atoms with Gasteiger partial charge in [0.1, 0.15) is 5.75 Å². The molecule has 1 aliphatic rings. The first-order valence-electron chi connectivity index (χ1n) is 9.80. The maximum atomic E-state index is 5.59. The molecule has 0 radical (unpaired) electrons. The second-order valence-corrected chi connectivity index (χ2v) is 7.37. The fraction of sp³-hybridized carbons (Fsp3) is 0.280. The van der Waals surface area contributed by atoms with Crippen molar-refractivity contribution in [3.05, 3.63) is 101 Å². The van der Waals surface area contributed by atoms with Crippen LogP contribution in [-0.4, -0.2) is 18.1 Å². The van der Waals surface area contributed by atoms with Crippen molar-refractivity contribution in [3.63, 3.8) is 0 Å². The Hall–Kier alpha value is -2.58. The van der Waals surface area contributed by atoms with E-state index in [9.17, 15) is 0 Å². The van der Waals surface area contributed by atoms with Crippen LogP contribution in [0.4, 0.5) is 0 Å². The zero-order chi connectivity index (χ0) is 18.5. The summed E-state index contributed by atoms with van der Waals surface area (Å²) in [5, 5.41) is 0. The third kappa shape index (κ3) is 4.23. The van der Waals surface area contributed by atoms with Crippen molar-refractivity contribution in [2.45, 2.75) is 38.4 Å². The zero-order valence-corrected chi connectivity index (χ0v) is 16.0. The molecule has 1 atom stereocenters. The molecule has 0 N–H and O–H groups in total. The average molecular weight is 357 g/mol. The van der Waals surface area contributed by atoms with Crippen molar-refractivity contribution in [1.29, 1.82) is 0 Å². The first-order chi connectivity index (χ1) is 13.3. The van der Waals surface area contributed by atoms with Crippen molar-refractivity contribution in [3.8, 4) is 5.75 Å². The molecule has 0 spiro atoms. The van der Waals surface area contributed by atoms with Crippen LogP contribution < -0.4 is 4.74 Å². The Morgan fingerprint density at radius 2 is 1.44 bits per heavy atom. The molecular formula is C25H27NO. The topological polar surface area (TPSA) is 12.5 Å². The monoisotopic (exact) mass is 357 g/mol. The first-order valence-corrected chi connectivity index (χ1v) is 9.80. The molecule has 0 saturated heterocycles. The summed E-state index contributed by atoms with van der Waals surface area (Å²) in [4.78, 5) is 2.65. The van der Waals surface area contributed by atoms with E-state index in [-0.39, 0.29) is 0 Å². The Kier molecular flexibility index (Phi) is 5.55. The highest BCUT2D eigenvalue weighted by Crippen LogP contribution is 2.32. The van der Waals surface area contributed by atoms with Crippen LogP contribution in [0.25, 0.3) is 0 Å². The SMILES string of the molecule is COc1cccc2c1CC[C@H](N(Cc1ccccc1)Cc1ccccc1)C2. The molecule has 3 aromatic carbocycles. The summed E-state index contributed by atoms with van der Waals surface area (Å²) in [6.07, 6.45) is 3.35. The van der Waals surface area contributed by atoms with Gasteiger partial charge in [0.15, 0.2) is 0 Å². The second kappa shape index (κ2) is 8.41. The Morgan fingerprint density at radius 1 is 0.815 bits per heavy atom. The number of hydrogen-bond donors (Lipinski definition) is 0. The largest absolute Gasteiger partial charge is 0.496 e. The lowest BCUT2D eigenvalue weighted by Crippen LogP contribution is -2.38. The molecule has 0 unspecified atom stereocenters. The zero-order valence-electron chi connectivity index (χ0n) is 16.0. The molecule has 0 aromatic heterocycles. The van der Waals surface area contributed by atoms with Crippen LogP contribution in [0.1, 0.15) is 28.7 Å². The van der Waals surface area contributed by atoms with Gasteiger partial charge in [0, 0.05) is 19.1 Å². The quantitative estimate of drug-likeness (QED) is 0.597. The van der Waals surface area contributed by atoms with Crippen LogP contribution in [0.5, 0.6) is 5.75 Å². The van der Waals surface area contributed by atoms with Crippen LogP contribution >= 0.6 is 0 Å². The van der Waals surface area contributed by atoms with Gasteiger partial charge in [-0.05, 0) is 47.6 Å². The third-order valence-electron chi connectivity index (χ3n) is 5.61. The maximum absolute atomic E-state index is 5.59. The number of rotatable bonds is 6. The predicted molar refractivity (Wildman–Crippen MR) is 111 cm³/mol.